The maximum absolute atomic E-state index is 13.9. The van der Waals surface area contributed by atoms with Gasteiger partial charge >= 0.3 is 0 Å². The number of nitrogens with one attached hydrogen (secondary N) is 2. The number of imidazole rings is 1. The largest absolute Gasteiger partial charge is 0.342 e. The number of nitro benzene ring substituents is 1. The molecule has 1 heterocycles. The van der Waals surface area contributed by atoms with E-state index in [4.69, 9.17) is 11.6 Å². The number of carbonyl (C=O) groups excluding carboxylic acids is 1. The molecule has 0 aliphatic heterocycles. The molecule has 2 N–H and O–H groups in total. The maximum atomic E-state index is 13.9. The SMILES string of the molecule is O=C(Nc1ccc2nc(Cc3ccccc3F)[nH]c2c1)c1ccc([N+](=O)[O-])cc1Cl. The van der Waals surface area contributed by atoms with E-state index in [1.165, 1.54) is 18.2 Å². The lowest BCUT2D eigenvalue weighted by atomic mass is 10.1. The van der Waals surface area contributed by atoms with Gasteiger partial charge in [-0.1, -0.05) is 29.8 Å². The Kier molecular flexibility index (Phi) is 5.16. The Morgan fingerprint density at radius 2 is 1.97 bits per heavy atom. The van der Waals surface area contributed by atoms with Gasteiger partial charge in [-0.3, -0.25) is 14.9 Å². The number of amides is 1. The number of halogens is 2. The van der Waals surface area contributed by atoms with Crippen molar-refractivity contribution in [2.24, 2.45) is 0 Å². The van der Waals surface area contributed by atoms with Crippen LogP contribution in [0.15, 0.2) is 60.7 Å². The minimum Gasteiger partial charge on any atom is -0.342 e. The molecule has 30 heavy (non-hydrogen) atoms. The lowest BCUT2D eigenvalue weighted by Crippen LogP contribution is -2.12. The van der Waals surface area contributed by atoms with E-state index >= 15 is 0 Å². The monoisotopic (exact) mass is 424 g/mol. The predicted octanol–water partition coefficient (Wildman–Crippen LogP) is 5.11. The van der Waals surface area contributed by atoms with Gasteiger partial charge in [0.1, 0.15) is 11.6 Å². The van der Waals surface area contributed by atoms with Crippen LogP contribution in [-0.2, 0) is 6.42 Å². The van der Waals surface area contributed by atoms with E-state index in [0.29, 0.717) is 34.5 Å². The molecule has 0 atom stereocenters. The first kappa shape index (κ1) is 19.5. The number of hydrogen-bond acceptors (Lipinski definition) is 4. The molecule has 0 bridgehead atoms. The third-order valence-corrected chi connectivity index (χ3v) is 4.83. The third-order valence-electron chi connectivity index (χ3n) is 4.51. The number of rotatable bonds is 5. The zero-order valence-electron chi connectivity index (χ0n) is 15.4. The zero-order valence-corrected chi connectivity index (χ0v) is 16.1. The fraction of sp³-hybridized carbons (Fsp3) is 0.0476. The smallest absolute Gasteiger partial charge is 0.270 e. The van der Waals surface area contributed by atoms with Gasteiger partial charge < -0.3 is 10.3 Å². The van der Waals surface area contributed by atoms with Crippen LogP contribution in [-0.4, -0.2) is 20.8 Å². The highest BCUT2D eigenvalue weighted by Crippen LogP contribution is 2.24. The van der Waals surface area contributed by atoms with Gasteiger partial charge in [-0.15, -0.1) is 0 Å². The number of H-pyrrole nitrogens is 1. The van der Waals surface area contributed by atoms with Crippen LogP contribution in [0, 0.1) is 15.9 Å². The van der Waals surface area contributed by atoms with Crippen molar-refractivity contribution in [2.45, 2.75) is 6.42 Å². The first-order valence-corrected chi connectivity index (χ1v) is 9.26. The van der Waals surface area contributed by atoms with Crippen molar-refractivity contribution < 1.29 is 14.1 Å². The lowest BCUT2D eigenvalue weighted by molar-refractivity contribution is -0.384. The number of anilines is 1. The molecular weight excluding hydrogens is 411 g/mol. The molecule has 3 aromatic carbocycles. The fourth-order valence-electron chi connectivity index (χ4n) is 3.05. The minimum absolute atomic E-state index is 0.0171. The van der Waals surface area contributed by atoms with E-state index in [1.807, 2.05) is 0 Å². The summed E-state index contributed by atoms with van der Waals surface area (Å²) in [6.45, 7) is 0. The number of non-ortho nitro benzene ring substituents is 1. The number of carbonyl (C=O) groups is 1. The number of nitrogens with zero attached hydrogens (tertiary/aromatic N) is 2. The van der Waals surface area contributed by atoms with Gasteiger partial charge in [0, 0.05) is 24.2 Å². The highest BCUT2D eigenvalue weighted by atomic mass is 35.5. The van der Waals surface area contributed by atoms with E-state index in [-0.39, 0.29) is 22.1 Å². The molecule has 0 saturated carbocycles. The van der Waals surface area contributed by atoms with Gasteiger partial charge in [-0.25, -0.2) is 9.37 Å². The summed E-state index contributed by atoms with van der Waals surface area (Å²) in [5.41, 5.74) is 2.28. The molecule has 0 saturated heterocycles. The standard InChI is InChI=1S/C21H14ClFN4O3/c22-16-11-14(27(29)30)6-7-15(16)21(28)24-13-5-8-18-19(10-13)26-20(25-18)9-12-3-1-2-4-17(12)23/h1-8,10-11H,9H2,(H,24,28)(H,25,26). The number of aromatic amines is 1. The van der Waals surface area contributed by atoms with Crippen LogP contribution >= 0.6 is 11.6 Å². The molecule has 0 fully saturated rings. The van der Waals surface area contributed by atoms with Crippen molar-refractivity contribution in [3.63, 3.8) is 0 Å². The van der Waals surface area contributed by atoms with E-state index in [0.717, 1.165) is 6.07 Å². The van der Waals surface area contributed by atoms with Gasteiger partial charge in [0.05, 0.1) is 26.5 Å². The van der Waals surface area contributed by atoms with E-state index in [2.05, 4.69) is 15.3 Å². The topological polar surface area (TPSA) is 101 Å². The van der Waals surface area contributed by atoms with Crippen LogP contribution < -0.4 is 5.32 Å². The average Bonchev–Trinajstić information content (AvgIpc) is 3.11. The maximum Gasteiger partial charge on any atom is 0.270 e. The molecule has 0 spiro atoms. The number of aromatic nitrogens is 2. The van der Waals surface area contributed by atoms with Crippen molar-refractivity contribution in [1.29, 1.82) is 0 Å². The predicted molar refractivity (Wildman–Crippen MR) is 111 cm³/mol. The Hall–Kier alpha value is -3.78. The lowest BCUT2D eigenvalue weighted by Gasteiger charge is -2.06. The number of benzene rings is 3. The van der Waals surface area contributed by atoms with Crippen LogP contribution in [0.25, 0.3) is 11.0 Å². The highest BCUT2D eigenvalue weighted by Gasteiger charge is 2.16. The summed E-state index contributed by atoms with van der Waals surface area (Å²) in [6, 6.07) is 15.2. The summed E-state index contributed by atoms with van der Waals surface area (Å²) in [4.78, 5) is 30.3. The number of hydrogen-bond donors (Lipinski definition) is 2. The Bertz CT molecular complexity index is 1290. The third kappa shape index (κ3) is 3.99. The molecular formula is C21H14ClFN4O3. The molecule has 4 aromatic rings. The minimum atomic E-state index is -0.585. The molecule has 7 nitrogen and oxygen atoms in total. The van der Waals surface area contributed by atoms with Crippen LogP contribution in [0.4, 0.5) is 15.8 Å². The van der Waals surface area contributed by atoms with Crippen molar-refractivity contribution in [3.8, 4) is 0 Å². The molecule has 9 heteroatoms. The van der Waals surface area contributed by atoms with Gasteiger partial charge in [0.2, 0.25) is 0 Å². The van der Waals surface area contributed by atoms with Crippen LogP contribution in [0.2, 0.25) is 5.02 Å². The van der Waals surface area contributed by atoms with Crippen molar-refractivity contribution in [1.82, 2.24) is 9.97 Å². The molecule has 0 aliphatic carbocycles. The Morgan fingerprint density at radius 3 is 2.70 bits per heavy atom. The fourth-order valence-corrected chi connectivity index (χ4v) is 3.31. The quantitative estimate of drug-likeness (QED) is 0.343. The average molecular weight is 425 g/mol. The van der Waals surface area contributed by atoms with E-state index < -0.39 is 10.8 Å². The van der Waals surface area contributed by atoms with Crippen LogP contribution in [0.5, 0.6) is 0 Å². The molecule has 0 radical (unpaired) electrons. The first-order valence-electron chi connectivity index (χ1n) is 8.88. The zero-order chi connectivity index (χ0) is 21.3. The summed E-state index contributed by atoms with van der Waals surface area (Å²) in [6.07, 6.45) is 0.307. The first-order chi connectivity index (χ1) is 14.4. The molecule has 4 rings (SSSR count). The van der Waals surface area contributed by atoms with Crippen LogP contribution in [0.3, 0.4) is 0 Å². The Morgan fingerprint density at radius 1 is 1.17 bits per heavy atom. The summed E-state index contributed by atoms with van der Waals surface area (Å²) in [5, 5.41) is 13.5. The van der Waals surface area contributed by atoms with Gasteiger partial charge in [0.15, 0.2) is 0 Å². The normalized spacial score (nSPS) is 10.9. The van der Waals surface area contributed by atoms with E-state index in [9.17, 15) is 19.3 Å². The van der Waals surface area contributed by atoms with Crippen molar-refractivity contribution >= 4 is 39.9 Å². The summed E-state index contributed by atoms with van der Waals surface area (Å²) in [7, 11) is 0. The van der Waals surface area contributed by atoms with Crippen LogP contribution in [0.1, 0.15) is 21.7 Å². The summed E-state index contributed by atoms with van der Waals surface area (Å²) < 4.78 is 13.9. The summed E-state index contributed by atoms with van der Waals surface area (Å²) in [5.74, 6) is -0.205. The second kappa shape index (κ2) is 7.92. The molecule has 0 aliphatic rings. The highest BCUT2D eigenvalue weighted by molar-refractivity contribution is 6.34. The Balaban J connectivity index is 1.54. The number of fused-ring (bicyclic) bond motifs is 1. The number of nitro groups is 1. The van der Waals surface area contributed by atoms with Crippen molar-refractivity contribution in [3.05, 3.63) is 98.6 Å². The molecule has 1 aromatic heterocycles. The van der Waals surface area contributed by atoms with Gasteiger partial charge in [-0.05, 0) is 35.9 Å². The van der Waals surface area contributed by atoms with Gasteiger partial charge in [-0.2, -0.15) is 0 Å². The van der Waals surface area contributed by atoms with Gasteiger partial charge in [0.25, 0.3) is 11.6 Å². The molecule has 1 amide bonds. The summed E-state index contributed by atoms with van der Waals surface area (Å²) >= 11 is 6.01. The second-order valence-electron chi connectivity index (χ2n) is 6.56. The molecule has 150 valence electrons. The Labute approximate surface area is 174 Å². The van der Waals surface area contributed by atoms with E-state index in [1.54, 1.807) is 36.4 Å². The molecule has 0 unspecified atom stereocenters. The van der Waals surface area contributed by atoms with Crippen molar-refractivity contribution in [2.75, 3.05) is 5.32 Å². The second-order valence-corrected chi connectivity index (χ2v) is 6.97.